The van der Waals surface area contributed by atoms with Crippen LogP contribution in [-0.2, 0) is 19.3 Å². The van der Waals surface area contributed by atoms with Crippen molar-refractivity contribution in [1.82, 2.24) is 10.2 Å². The van der Waals surface area contributed by atoms with Crippen molar-refractivity contribution in [3.8, 4) is 23.0 Å². The van der Waals surface area contributed by atoms with Gasteiger partial charge in [-0.25, -0.2) is 0 Å². The summed E-state index contributed by atoms with van der Waals surface area (Å²) >= 11 is 0. The summed E-state index contributed by atoms with van der Waals surface area (Å²) in [5.41, 5.74) is 3.16. The van der Waals surface area contributed by atoms with E-state index in [9.17, 15) is 20.4 Å². The molecule has 1 aliphatic carbocycles. The summed E-state index contributed by atoms with van der Waals surface area (Å²) in [4.78, 5) is 2.63. The Labute approximate surface area is 204 Å². The molecule has 0 bridgehead atoms. The molecule has 0 unspecified atom stereocenters. The summed E-state index contributed by atoms with van der Waals surface area (Å²) in [6.07, 6.45) is 10.8. The lowest BCUT2D eigenvalue weighted by molar-refractivity contribution is 0.175. The fraction of sp³-hybridized carbons (Fsp3) is 0.571. The van der Waals surface area contributed by atoms with E-state index in [0.29, 0.717) is 6.04 Å². The second-order valence-electron chi connectivity index (χ2n) is 9.59. The van der Waals surface area contributed by atoms with Crippen LogP contribution in [0.4, 0.5) is 0 Å². The SMILES string of the molecule is CCCN(CCCCCCNCCCc1ccc(O)c(O)c1)[C@H]1CCc2c(ccc(O)c2O)C1. The summed E-state index contributed by atoms with van der Waals surface area (Å²) in [5, 5.41) is 42.3. The fourth-order valence-electron chi connectivity index (χ4n) is 5.06. The highest BCUT2D eigenvalue weighted by Crippen LogP contribution is 2.36. The van der Waals surface area contributed by atoms with E-state index in [1.54, 1.807) is 18.2 Å². The summed E-state index contributed by atoms with van der Waals surface area (Å²) in [6, 6.07) is 9.16. The number of aryl methyl sites for hydroxylation is 1. The van der Waals surface area contributed by atoms with Gasteiger partial charge in [-0.2, -0.15) is 0 Å². The van der Waals surface area contributed by atoms with Gasteiger partial charge in [-0.1, -0.05) is 31.9 Å². The first-order valence-corrected chi connectivity index (χ1v) is 13.0. The molecule has 3 rings (SSSR count). The largest absolute Gasteiger partial charge is 0.504 e. The molecule has 2 aromatic rings. The number of aromatic hydroxyl groups is 4. The van der Waals surface area contributed by atoms with Crippen LogP contribution >= 0.6 is 0 Å². The fourth-order valence-corrected chi connectivity index (χ4v) is 5.06. The number of nitrogens with zero attached hydrogens (tertiary/aromatic N) is 1. The lowest BCUT2D eigenvalue weighted by Gasteiger charge is -2.35. The summed E-state index contributed by atoms with van der Waals surface area (Å²) in [7, 11) is 0. The molecule has 34 heavy (non-hydrogen) atoms. The Morgan fingerprint density at radius 1 is 0.853 bits per heavy atom. The summed E-state index contributed by atoms with van der Waals surface area (Å²) in [6.45, 7) is 6.48. The molecule has 0 saturated carbocycles. The van der Waals surface area contributed by atoms with Gasteiger partial charge in [0.1, 0.15) is 0 Å². The molecule has 188 valence electrons. The molecule has 2 aromatic carbocycles. The number of unbranched alkanes of at least 4 members (excludes halogenated alkanes) is 3. The van der Waals surface area contributed by atoms with E-state index >= 15 is 0 Å². The Hall–Kier alpha value is -2.44. The van der Waals surface area contributed by atoms with E-state index < -0.39 is 0 Å². The lowest BCUT2D eigenvalue weighted by atomic mass is 9.86. The standard InChI is InChI=1S/C28H42N2O4/c1-2-17-30(23-11-12-24-22(20-23)10-14-26(32)28(24)34)18-6-4-3-5-15-29-16-7-8-21-9-13-25(31)27(33)19-21/h9-10,13-14,19,23,29,31-34H,2-8,11-12,15-18,20H2,1H3/t23-/m0/s1. The Kier molecular flexibility index (Phi) is 10.4. The van der Waals surface area contributed by atoms with Gasteiger partial charge in [0.2, 0.25) is 0 Å². The average molecular weight is 471 g/mol. The van der Waals surface area contributed by atoms with Crippen LogP contribution in [0, 0.1) is 0 Å². The Bertz CT molecular complexity index is 902. The molecule has 0 aromatic heterocycles. The molecule has 0 aliphatic heterocycles. The maximum Gasteiger partial charge on any atom is 0.160 e. The molecule has 0 amide bonds. The van der Waals surface area contributed by atoms with Crippen LogP contribution in [0.1, 0.15) is 68.6 Å². The molecule has 0 radical (unpaired) electrons. The zero-order chi connectivity index (χ0) is 24.3. The zero-order valence-electron chi connectivity index (χ0n) is 20.6. The lowest BCUT2D eigenvalue weighted by Crippen LogP contribution is -2.40. The third kappa shape index (κ3) is 7.54. The second kappa shape index (κ2) is 13.4. The highest BCUT2D eigenvalue weighted by molar-refractivity contribution is 5.50. The van der Waals surface area contributed by atoms with Gasteiger partial charge in [0.15, 0.2) is 23.0 Å². The Balaban J connectivity index is 1.27. The molecule has 1 atom stereocenters. The van der Waals surface area contributed by atoms with Crippen LogP contribution < -0.4 is 5.32 Å². The molecule has 6 nitrogen and oxygen atoms in total. The molecule has 6 heteroatoms. The van der Waals surface area contributed by atoms with Crippen molar-refractivity contribution in [3.05, 3.63) is 47.0 Å². The van der Waals surface area contributed by atoms with E-state index in [2.05, 4.69) is 17.1 Å². The molecule has 0 fully saturated rings. The maximum atomic E-state index is 10.1. The predicted molar refractivity (Wildman–Crippen MR) is 137 cm³/mol. The average Bonchev–Trinajstić information content (AvgIpc) is 2.84. The molecular formula is C28H42N2O4. The minimum Gasteiger partial charge on any atom is -0.504 e. The third-order valence-corrected chi connectivity index (χ3v) is 6.98. The molecule has 0 saturated heterocycles. The number of fused-ring (bicyclic) bond motifs is 1. The number of benzene rings is 2. The molecule has 5 N–H and O–H groups in total. The summed E-state index contributed by atoms with van der Waals surface area (Å²) < 4.78 is 0. The Morgan fingerprint density at radius 3 is 2.41 bits per heavy atom. The van der Waals surface area contributed by atoms with Crippen LogP contribution in [0.3, 0.4) is 0 Å². The topological polar surface area (TPSA) is 96.2 Å². The van der Waals surface area contributed by atoms with Crippen molar-refractivity contribution >= 4 is 0 Å². The van der Waals surface area contributed by atoms with Gasteiger partial charge in [-0.3, -0.25) is 0 Å². The van der Waals surface area contributed by atoms with Gasteiger partial charge >= 0.3 is 0 Å². The predicted octanol–water partition coefficient (Wildman–Crippen LogP) is 4.86. The van der Waals surface area contributed by atoms with Gasteiger partial charge in [0, 0.05) is 11.6 Å². The van der Waals surface area contributed by atoms with E-state index in [1.165, 1.54) is 31.2 Å². The van der Waals surface area contributed by atoms with E-state index in [4.69, 9.17) is 0 Å². The van der Waals surface area contributed by atoms with Crippen molar-refractivity contribution < 1.29 is 20.4 Å². The van der Waals surface area contributed by atoms with Crippen LogP contribution in [-0.4, -0.2) is 57.5 Å². The van der Waals surface area contributed by atoms with Crippen LogP contribution in [0.25, 0.3) is 0 Å². The monoisotopic (exact) mass is 470 g/mol. The normalized spacial score (nSPS) is 15.5. The van der Waals surface area contributed by atoms with Crippen molar-refractivity contribution in [2.45, 2.75) is 77.2 Å². The molecule has 0 heterocycles. The van der Waals surface area contributed by atoms with E-state index in [0.717, 1.165) is 75.8 Å². The van der Waals surface area contributed by atoms with E-state index in [-0.39, 0.29) is 23.0 Å². The van der Waals surface area contributed by atoms with Gasteiger partial charge in [0.05, 0.1) is 0 Å². The molecule has 0 spiro atoms. The first-order valence-electron chi connectivity index (χ1n) is 13.0. The van der Waals surface area contributed by atoms with Crippen molar-refractivity contribution in [3.63, 3.8) is 0 Å². The van der Waals surface area contributed by atoms with Gasteiger partial charge < -0.3 is 30.6 Å². The number of phenols is 4. The highest BCUT2D eigenvalue weighted by atomic mass is 16.3. The van der Waals surface area contributed by atoms with Crippen molar-refractivity contribution in [2.75, 3.05) is 26.2 Å². The smallest absolute Gasteiger partial charge is 0.160 e. The van der Waals surface area contributed by atoms with E-state index in [1.807, 2.05) is 12.1 Å². The minimum atomic E-state index is -0.0646. The zero-order valence-corrected chi connectivity index (χ0v) is 20.6. The maximum absolute atomic E-state index is 10.1. The minimum absolute atomic E-state index is 0.00488. The number of phenolic OH excluding ortho intramolecular Hbond substituents is 4. The van der Waals surface area contributed by atoms with Crippen LogP contribution in [0.2, 0.25) is 0 Å². The van der Waals surface area contributed by atoms with Crippen molar-refractivity contribution in [1.29, 1.82) is 0 Å². The Morgan fingerprint density at radius 2 is 1.62 bits per heavy atom. The van der Waals surface area contributed by atoms with Crippen molar-refractivity contribution in [2.24, 2.45) is 0 Å². The van der Waals surface area contributed by atoms with Gasteiger partial charge in [-0.15, -0.1) is 0 Å². The number of rotatable bonds is 14. The summed E-state index contributed by atoms with van der Waals surface area (Å²) in [5.74, 6) is -0.0398. The first-order chi connectivity index (χ1) is 16.5. The molecular weight excluding hydrogens is 428 g/mol. The third-order valence-electron chi connectivity index (χ3n) is 6.98. The number of hydrogen-bond acceptors (Lipinski definition) is 6. The van der Waals surface area contributed by atoms with Crippen LogP contribution in [0.5, 0.6) is 23.0 Å². The highest BCUT2D eigenvalue weighted by Gasteiger charge is 2.26. The number of hydrogen-bond donors (Lipinski definition) is 5. The molecule has 1 aliphatic rings. The van der Waals surface area contributed by atoms with Gasteiger partial charge in [-0.05, 0) is 107 Å². The van der Waals surface area contributed by atoms with Gasteiger partial charge in [0.25, 0.3) is 0 Å². The first kappa shape index (κ1) is 26.2. The quantitative estimate of drug-likeness (QED) is 0.200. The second-order valence-corrected chi connectivity index (χ2v) is 9.59. The van der Waals surface area contributed by atoms with Crippen LogP contribution in [0.15, 0.2) is 30.3 Å². The number of nitrogens with one attached hydrogen (secondary N) is 1.